The van der Waals surface area contributed by atoms with Crippen molar-refractivity contribution in [1.29, 1.82) is 0 Å². The van der Waals surface area contributed by atoms with Gasteiger partial charge in [-0.1, -0.05) is 88.2 Å². The van der Waals surface area contributed by atoms with Gasteiger partial charge in [-0.25, -0.2) is 31.1 Å². The fourth-order valence-corrected chi connectivity index (χ4v) is 7.57. The van der Waals surface area contributed by atoms with Gasteiger partial charge < -0.3 is 45.2 Å². The molecule has 0 unspecified atom stereocenters. The van der Waals surface area contributed by atoms with Gasteiger partial charge >= 0.3 is 6.09 Å². The summed E-state index contributed by atoms with van der Waals surface area (Å²) in [6.07, 6.45) is 7.33. The quantitative estimate of drug-likeness (QED) is 0.0294. The Labute approximate surface area is 421 Å². The van der Waals surface area contributed by atoms with Crippen molar-refractivity contribution < 1.29 is 50.6 Å². The van der Waals surface area contributed by atoms with Gasteiger partial charge in [0, 0.05) is 53.5 Å². The lowest BCUT2D eigenvalue weighted by molar-refractivity contribution is -0.124. The molecular weight excluding hydrogens is 929 g/mol. The van der Waals surface area contributed by atoms with Crippen LogP contribution >= 0.6 is 0 Å². The number of rotatable bonds is 28. The van der Waals surface area contributed by atoms with Gasteiger partial charge in [0.1, 0.15) is 12.7 Å². The lowest BCUT2D eigenvalue weighted by Gasteiger charge is -2.13. The molecule has 1 aliphatic heterocycles. The topological polar surface area (TPSA) is 246 Å². The molecule has 1 aliphatic carbocycles. The minimum atomic E-state index is -3.20. The van der Waals surface area contributed by atoms with Crippen molar-refractivity contribution >= 4 is 43.7 Å². The predicted molar refractivity (Wildman–Crippen MR) is 283 cm³/mol. The van der Waals surface area contributed by atoms with Crippen LogP contribution in [0.5, 0.6) is 0 Å². The average molecular weight is 1030 g/mol. The van der Waals surface area contributed by atoms with Crippen LogP contribution in [0.1, 0.15) is 141 Å². The molecule has 2 rings (SSSR count). The molecule has 1 saturated heterocycles. The van der Waals surface area contributed by atoms with Gasteiger partial charge in [0.25, 0.3) is 0 Å². The molecular formula is C48H104N8O11S2. The number of nitrogens with zero attached hydrogens (tertiary/aromatic N) is 3. The second-order valence-electron chi connectivity index (χ2n) is 20.3. The molecule has 0 bridgehead atoms. The number of cyclic esters (lactones) is 1. The molecule has 0 radical (unpaired) electrons. The zero-order valence-electron chi connectivity index (χ0n) is 46.5. The average Bonchev–Trinajstić information content (AvgIpc) is 4.01. The highest BCUT2D eigenvalue weighted by atomic mass is 32.2. The molecule has 0 aromatic carbocycles. The first kappa shape index (κ1) is 72.9. The third kappa shape index (κ3) is 54.5. The minimum Gasteiger partial charge on any atom is -0.443 e. The van der Waals surface area contributed by atoms with Crippen LogP contribution in [0.3, 0.4) is 0 Å². The Morgan fingerprint density at radius 1 is 0.739 bits per heavy atom. The van der Waals surface area contributed by atoms with E-state index in [4.69, 9.17) is 9.94 Å². The first-order valence-electron chi connectivity index (χ1n) is 24.9. The lowest BCUT2D eigenvalue weighted by atomic mass is 10.1. The van der Waals surface area contributed by atoms with Gasteiger partial charge in [0.05, 0.1) is 24.1 Å². The fraction of sp³-hybridized carbons (Fsp3) is 0.917. The molecule has 19 nitrogen and oxygen atoms in total. The fourth-order valence-electron chi connectivity index (χ4n) is 5.35. The van der Waals surface area contributed by atoms with E-state index in [9.17, 15) is 31.2 Å². The highest BCUT2D eigenvalue weighted by molar-refractivity contribution is 7.90. The summed E-state index contributed by atoms with van der Waals surface area (Å²) in [6, 6.07) is 0. The molecule has 0 spiro atoms. The number of carbonyl (C=O) groups excluding carboxylic acids is 3. The van der Waals surface area contributed by atoms with E-state index in [2.05, 4.69) is 109 Å². The van der Waals surface area contributed by atoms with Crippen molar-refractivity contribution in [2.24, 2.45) is 40.7 Å². The van der Waals surface area contributed by atoms with E-state index in [-0.39, 0.29) is 41.8 Å². The van der Waals surface area contributed by atoms with Crippen molar-refractivity contribution in [2.45, 2.75) is 153 Å². The normalized spacial score (nSPS) is 14.8. The van der Waals surface area contributed by atoms with Gasteiger partial charge in [-0.2, -0.15) is 0 Å². The SMILES string of the molecule is C/C(CC(C)C)=N\O.CC(C)CCNC(=O)CN(C)C.CC(C)CCNS(=O)(=O)C1CC1.CNC[C@@H]1CN(CCC(C)C)C(=O)O1.COCC(=O)NCCC(C)C.COCS(=O)(=O)NCCC(C)C. The van der Waals surface area contributed by atoms with Crippen LogP contribution in [0.25, 0.3) is 0 Å². The van der Waals surface area contributed by atoms with E-state index in [0.29, 0.717) is 55.1 Å². The summed E-state index contributed by atoms with van der Waals surface area (Å²) < 4.78 is 63.9. The zero-order valence-corrected chi connectivity index (χ0v) is 48.2. The maximum atomic E-state index is 11.3. The number of carbonyl (C=O) groups is 3. The van der Waals surface area contributed by atoms with E-state index in [1.807, 2.05) is 46.8 Å². The van der Waals surface area contributed by atoms with Crippen molar-refractivity contribution in [3.63, 3.8) is 0 Å². The Balaban J connectivity index is -0.000000370. The number of nitrogens with one attached hydrogen (secondary N) is 5. The van der Waals surface area contributed by atoms with Gasteiger partial charge in [-0.05, 0) is 115 Å². The largest absolute Gasteiger partial charge is 0.443 e. The van der Waals surface area contributed by atoms with Gasteiger partial charge in [0.15, 0.2) is 5.94 Å². The Hall–Kier alpha value is -2.66. The van der Waals surface area contributed by atoms with Crippen LogP contribution in [-0.2, 0) is 43.8 Å². The molecule has 0 aromatic heterocycles. The molecule has 414 valence electrons. The molecule has 21 heteroatoms. The number of methoxy groups -OCH3 is 2. The Kier molecular flexibility index (Phi) is 46.6. The lowest BCUT2D eigenvalue weighted by Crippen LogP contribution is -2.34. The van der Waals surface area contributed by atoms with Crippen LogP contribution in [0.15, 0.2) is 5.16 Å². The van der Waals surface area contributed by atoms with Gasteiger partial charge in [0.2, 0.25) is 31.9 Å². The number of hydrogen-bond donors (Lipinski definition) is 6. The number of ether oxygens (including phenoxy) is 3. The maximum absolute atomic E-state index is 11.3. The summed E-state index contributed by atoms with van der Waals surface area (Å²) in [4.78, 5) is 36.9. The highest BCUT2D eigenvalue weighted by Crippen LogP contribution is 2.27. The van der Waals surface area contributed by atoms with Gasteiger partial charge in [-0.3, -0.25) is 9.59 Å². The summed E-state index contributed by atoms with van der Waals surface area (Å²) in [5, 5.41) is 19.8. The predicted octanol–water partition coefficient (Wildman–Crippen LogP) is 6.13. The van der Waals surface area contributed by atoms with Crippen LogP contribution in [0, 0.1) is 35.5 Å². The smallest absolute Gasteiger partial charge is 0.410 e. The Morgan fingerprint density at radius 2 is 1.20 bits per heavy atom. The number of hydrogen-bond acceptors (Lipinski definition) is 14. The van der Waals surface area contributed by atoms with Crippen LogP contribution in [-0.4, -0.2) is 167 Å². The first-order chi connectivity index (χ1) is 32.0. The molecule has 2 fully saturated rings. The third-order valence-corrected chi connectivity index (χ3v) is 12.5. The summed E-state index contributed by atoms with van der Waals surface area (Å²) in [5.74, 6) is 3.40. The van der Waals surface area contributed by atoms with E-state index in [1.165, 1.54) is 14.2 Å². The molecule has 3 amide bonds. The van der Waals surface area contributed by atoms with Gasteiger partial charge in [-0.15, -0.1) is 0 Å². The van der Waals surface area contributed by atoms with E-state index >= 15 is 0 Å². The zero-order chi connectivity index (χ0) is 54.2. The summed E-state index contributed by atoms with van der Waals surface area (Å²) >= 11 is 0. The van der Waals surface area contributed by atoms with Crippen LogP contribution in [0.4, 0.5) is 4.79 Å². The molecule has 1 heterocycles. The maximum Gasteiger partial charge on any atom is 0.410 e. The standard InChI is InChI=1S/C10H20N2O2.C9H20N2O.C8H17NO2S.C8H17NO2.C7H17NO3S.C6H13NO/c1-8(2)4-5-12-7-9(6-11-3)14-10(12)13;1-8(2)5-6-10-9(12)7-11(3)4;1-7(2)5-6-9-12(10,11)8-3-4-8;1-7(2)4-5-9-8(10)6-11-3;1-7(2)4-5-8-12(9,10)6-11-3;1-5(2)4-6(3)7-8/h8-9,11H,4-7H2,1-3H3;8H,5-7H2,1-4H3,(H,10,12);7-9H,3-6H2,1-2H3;7H,4-6H2,1-3H3,(H,9,10);7-8H,4-6H2,1-3H3;5,8H,4H2,1-3H3/b;;;;;7-6+/t9-;;;;;/m1...../s1. The minimum absolute atomic E-state index is 0.0275. The first-order valence-corrected chi connectivity index (χ1v) is 28.1. The molecule has 2 aliphatic rings. The Bertz CT molecular complexity index is 1530. The molecule has 6 N–H and O–H groups in total. The van der Waals surface area contributed by atoms with Crippen LogP contribution < -0.4 is 25.4 Å². The second-order valence-corrected chi connectivity index (χ2v) is 24.1. The molecule has 0 aromatic rings. The molecule has 1 atom stereocenters. The molecule has 1 saturated carbocycles. The monoisotopic (exact) mass is 1030 g/mol. The number of amides is 3. The summed E-state index contributed by atoms with van der Waals surface area (Å²) in [7, 11) is 2.39. The summed E-state index contributed by atoms with van der Waals surface area (Å²) in [6.45, 7) is 32.7. The van der Waals surface area contributed by atoms with Crippen molar-refractivity contribution in [3.05, 3.63) is 0 Å². The second kappa shape index (κ2) is 44.1. The van der Waals surface area contributed by atoms with E-state index in [1.54, 1.807) is 4.90 Å². The number of likely N-dealkylation sites (N-methyl/N-ethyl adjacent to an activating group) is 2. The third-order valence-electron chi connectivity index (χ3n) is 9.36. The van der Waals surface area contributed by atoms with E-state index < -0.39 is 20.0 Å². The van der Waals surface area contributed by atoms with Crippen molar-refractivity contribution in [3.8, 4) is 0 Å². The molecule has 69 heavy (non-hydrogen) atoms. The Morgan fingerprint density at radius 3 is 1.58 bits per heavy atom. The van der Waals surface area contributed by atoms with Crippen molar-refractivity contribution in [1.82, 2.24) is 35.2 Å². The number of oxime groups is 1. The van der Waals surface area contributed by atoms with Crippen molar-refractivity contribution in [2.75, 3.05) is 100 Å². The van der Waals surface area contributed by atoms with Crippen LogP contribution in [0.2, 0.25) is 0 Å². The highest BCUT2D eigenvalue weighted by Gasteiger charge is 2.35. The summed E-state index contributed by atoms with van der Waals surface area (Å²) in [5.41, 5.74) is 0.806. The number of sulfonamides is 2. The van der Waals surface area contributed by atoms with E-state index in [0.717, 1.165) is 89.8 Å².